The lowest BCUT2D eigenvalue weighted by Gasteiger charge is -1.99. The third-order valence-electron chi connectivity index (χ3n) is 2.49. The van der Waals surface area contributed by atoms with Gasteiger partial charge >= 0.3 is 0 Å². The molecule has 0 amide bonds. The summed E-state index contributed by atoms with van der Waals surface area (Å²) in [6.07, 6.45) is 1.48. The molecule has 0 unspecified atom stereocenters. The van der Waals surface area contributed by atoms with Gasteiger partial charge in [-0.1, -0.05) is 5.16 Å². The average molecular weight is 235 g/mol. The first-order chi connectivity index (χ1) is 8.20. The van der Waals surface area contributed by atoms with E-state index >= 15 is 0 Å². The number of benzene rings is 1. The molecule has 0 aliphatic heterocycles. The average Bonchev–Trinajstić information content (AvgIpc) is 2.75. The maximum atomic E-state index is 13.0. The summed E-state index contributed by atoms with van der Waals surface area (Å²) in [6, 6.07) is 4.49. The van der Waals surface area contributed by atoms with Crippen molar-refractivity contribution in [1.82, 2.24) is 10.1 Å². The molecule has 0 atom stereocenters. The van der Waals surface area contributed by atoms with Crippen molar-refractivity contribution in [2.45, 2.75) is 19.8 Å². The number of aromatic nitrogens is 2. The van der Waals surface area contributed by atoms with Crippen molar-refractivity contribution in [3.8, 4) is 11.4 Å². The van der Waals surface area contributed by atoms with Gasteiger partial charge in [0.2, 0.25) is 11.7 Å². The van der Waals surface area contributed by atoms with Crippen LogP contribution in [0.3, 0.4) is 0 Å². The zero-order valence-electron chi connectivity index (χ0n) is 9.61. The van der Waals surface area contributed by atoms with Crippen LogP contribution in [0.25, 0.3) is 11.4 Å². The number of rotatable bonds is 4. The van der Waals surface area contributed by atoms with Crippen molar-refractivity contribution in [3.63, 3.8) is 0 Å². The number of hydrogen-bond donors (Lipinski definition) is 1. The third kappa shape index (κ3) is 2.68. The first kappa shape index (κ1) is 11.7. The Morgan fingerprint density at radius 3 is 2.94 bits per heavy atom. The summed E-state index contributed by atoms with van der Waals surface area (Å²) >= 11 is 0. The van der Waals surface area contributed by atoms with Gasteiger partial charge in [0, 0.05) is 12.0 Å². The van der Waals surface area contributed by atoms with Crippen molar-refractivity contribution >= 4 is 0 Å². The summed E-state index contributed by atoms with van der Waals surface area (Å²) in [6.45, 7) is 2.40. The summed E-state index contributed by atoms with van der Waals surface area (Å²) in [4.78, 5) is 4.25. The molecule has 1 aromatic carbocycles. The molecule has 2 aromatic rings. The van der Waals surface area contributed by atoms with E-state index in [1.807, 2.05) is 6.92 Å². The molecule has 0 saturated heterocycles. The molecule has 0 aliphatic rings. The van der Waals surface area contributed by atoms with Crippen LogP contribution in [0.4, 0.5) is 4.39 Å². The molecule has 0 bridgehead atoms. The minimum atomic E-state index is -0.266. The van der Waals surface area contributed by atoms with Crippen LogP contribution in [-0.4, -0.2) is 16.7 Å². The van der Waals surface area contributed by atoms with Gasteiger partial charge in [-0.3, -0.25) is 0 Å². The molecule has 1 heterocycles. The maximum absolute atomic E-state index is 13.0. The Labute approximate surface area is 98.6 Å². The number of halogens is 1. The minimum absolute atomic E-state index is 0.266. The van der Waals surface area contributed by atoms with Crippen molar-refractivity contribution in [3.05, 3.63) is 35.5 Å². The highest BCUT2D eigenvalue weighted by atomic mass is 19.1. The van der Waals surface area contributed by atoms with Crippen LogP contribution in [0.1, 0.15) is 17.9 Å². The standard InChI is InChI=1S/C12H14FN3O/c1-8-7-9(13)4-5-10(8)12-15-11(17-16-12)3-2-6-14/h4-5,7H,2-3,6,14H2,1H3. The molecule has 0 radical (unpaired) electrons. The zero-order valence-corrected chi connectivity index (χ0v) is 9.61. The lowest BCUT2D eigenvalue weighted by atomic mass is 10.1. The van der Waals surface area contributed by atoms with Crippen LogP contribution in [0.5, 0.6) is 0 Å². The summed E-state index contributed by atoms with van der Waals surface area (Å²) < 4.78 is 18.1. The van der Waals surface area contributed by atoms with E-state index in [9.17, 15) is 4.39 Å². The Kier molecular flexibility index (Phi) is 3.49. The maximum Gasteiger partial charge on any atom is 0.227 e. The fourth-order valence-corrected chi connectivity index (χ4v) is 1.60. The first-order valence-corrected chi connectivity index (χ1v) is 5.50. The number of nitrogens with zero attached hydrogens (tertiary/aromatic N) is 2. The molecular formula is C12H14FN3O. The highest BCUT2D eigenvalue weighted by Crippen LogP contribution is 2.21. The Balaban J connectivity index is 2.24. The summed E-state index contributed by atoms with van der Waals surface area (Å²) in [5.41, 5.74) is 6.98. The SMILES string of the molecule is Cc1cc(F)ccc1-c1noc(CCCN)n1. The second-order valence-corrected chi connectivity index (χ2v) is 3.86. The Bertz CT molecular complexity index is 510. The zero-order chi connectivity index (χ0) is 12.3. The summed E-state index contributed by atoms with van der Waals surface area (Å²) in [7, 11) is 0. The molecule has 0 fully saturated rings. The van der Waals surface area contributed by atoms with E-state index in [0.717, 1.165) is 17.5 Å². The molecule has 2 N–H and O–H groups in total. The van der Waals surface area contributed by atoms with E-state index in [2.05, 4.69) is 10.1 Å². The largest absolute Gasteiger partial charge is 0.339 e. The van der Waals surface area contributed by atoms with E-state index in [-0.39, 0.29) is 5.82 Å². The van der Waals surface area contributed by atoms with E-state index in [1.54, 1.807) is 6.07 Å². The van der Waals surface area contributed by atoms with Crippen molar-refractivity contribution < 1.29 is 8.91 Å². The van der Waals surface area contributed by atoms with Crippen LogP contribution in [0, 0.1) is 12.7 Å². The molecule has 0 saturated carbocycles. The normalized spacial score (nSPS) is 10.8. The Morgan fingerprint density at radius 1 is 1.41 bits per heavy atom. The fourth-order valence-electron chi connectivity index (χ4n) is 1.60. The van der Waals surface area contributed by atoms with E-state index < -0.39 is 0 Å². The number of aryl methyl sites for hydroxylation is 2. The second kappa shape index (κ2) is 5.05. The van der Waals surface area contributed by atoms with Gasteiger partial charge in [0.25, 0.3) is 0 Å². The van der Waals surface area contributed by atoms with Gasteiger partial charge in [-0.25, -0.2) is 4.39 Å². The Hall–Kier alpha value is -1.75. The molecular weight excluding hydrogens is 221 g/mol. The predicted octanol–water partition coefficient (Wildman–Crippen LogP) is 2.08. The predicted molar refractivity (Wildman–Crippen MR) is 61.8 cm³/mol. The van der Waals surface area contributed by atoms with Crippen molar-refractivity contribution in [2.75, 3.05) is 6.54 Å². The van der Waals surface area contributed by atoms with Gasteiger partial charge in [-0.2, -0.15) is 4.98 Å². The quantitative estimate of drug-likeness (QED) is 0.881. The molecule has 1 aromatic heterocycles. The molecule has 0 aliphatic carbocycles. The van der Waals surface area contributed by atoms with Crippen LogP contribution in [0.2, 0.25) is 0 Å². The first-order valence-electron chi connectivity index (χ1n) is 5.50. The fraction of sp³-hybridized carbons (Fsp3) is 0.333. The molecule has 17 heavy (non-hydrogen) atoms. The van der Waals surface area contributed by atoms with Gasteiger partial charge in [-0.05, 0) is 43.7 Å². The minimum Gasteiger partial charge on any atom is -0.339 e. The van der Waals surface area contributed by atoms with Crippen molar-refractivity contribution in [2.24, 2.45) is 5.73 Å². The summed E-state index contributed by atoms with van der Waals surface area (Å²) in [5.74, 6) is 0.793. The van der Waals surface area contributed by atoms with Gasteiger partial charge in [0.1, 0.15) is 5.82 Å². The monoisotopic (exact) mass is 235 g/mol. The van der Waals surface area contributed by atoms with E-state index in [1.165, 1.54) is 12.1 Å². The van der Waals surface area contributed by atoms with Gasteiger partial charge < -0.3 is 10.3 Å². The third-order valence-corrected chi connectivity index (χ3v) is 2.49. The molecule has 5 heteroatoms. The second-order valence-electron chi connectivity index (χ2n) is 3.86. The van der Waals surface area contributed by atoms with Crippen LogP contribution in [0.15, 0.2) is 22.7 Å². The molecule has 4 nitrogen and oxygen atoms in total. The van der Waals surface area contributed by atoms with Gasteiger partial charge in [0.15, 0.2) is 0 Å². The topological polar surface area (TPSA) is 64.9 Å². The van der Waals surface area contributed by atoms with E-state index in [4.69, 9.17) is 10.3 Å². The molecule has 0 spiro atoms. The van der Waals surface area contributed by atoms with Gasteiger partial charge in [-0.15, -0.1) is 0 Å². The number of hydrogen-bond acceptors (Lipinski definition) is 4. The smallest absolute Gasteiger partial charge is 0.227 e. The van der Waals surface area contributed by atoms with E-state index in [0.29, 0.717) is 24.7 Å². The lowest BCUT2D eigenvalue weighted by molar-refractivity contribution is 0.376. The van der Waals surface area contributed by atoms with Crippen LogP contribution in [-0.2, 0) is 6.42 Å². The molecule has 2 rings (SSSR count). The highest BCUT2D eigenvalue weighted by Gasteiger charge is 2.10. The Morgan fingerprint density at radius 2 is 2.24 bits per heavy atom. The van der Waals surface area contributed by atoms with Gasteiger partial charge in [0.05, 0.1) is 0 Å². The van der Waals surface area contributed by atoms with Crippen molar-refractivity contribution in [1.29, 1.82) is 0 Å². The van der Waals surface area contributed by atoms with Crippen LogP contribution >= 0.6 is 0 Å². The lowest BCUT2D eigenvalue weighted by Crippen LogP contribution is -2.00. The molecule has 90 valence electrons. The van der Waals surface area contributed by atoms with Crippen LogP contribution < -0.4 is 5.73 Å². The summed E-state index contributed by atoms with van der Waals surface area (Å²) in [5, 5.41) is 3.88. The highest BCUT2D eigenvalue weighted by molar-refractivity contribution is 5.59. The number of nitrogens with two attached hydrogens (primary N) is 1.